The lowest BCUT2D eigenvalue weighted by molar-refractivity contribution is -0.115. The van der Waals surface area contributed by atoms with Crippen LogP contribution in [0.2, 0.25) is 0 Å². The summed E-state index contributed by atoms with van der Waals surface area (Å²) in [6.45, 7) is 2.85. The molecule has 3 aromatic rings. The van der Waals surface area contributed by atoms with Crippen molar-refractivity contribution in [3.8, 4) is 12.1 Å². The molecular weight excluding hydrogens is 432 g/mol. The molecule has 0 spiro atoms. The van der Waals surface area contributed by atoms with Crippen molar-refractivity contribution in [3.05, 3.63) is 66.0 Å². The van der Waals surface area contributed by atoms with E-state index < -0.39 is 0 Å². The van der Waals surface area contributed by atoms with Crippen LogP contribution in [-0.2, 0) is 9.59 Å². The quantitative estimate of drug-likeness (QED) is 0.386. The molecule has 0 saturated heterocycles. The number of rotatable bonds is 7. The van der Waals surface area contributed by atoms with Crippen molar-refractivity contribution >= 4 is 52.3 Å². The van der Waals surface area contributed by atoms with E-state index in [0.717, 1.165) is 0 Å². The van der Waals surface area contributed by atoms with Crippen molar-refractivity contribution in [1.82, 2.24) is 9.97 Å². The van der Waals surface area contributed by atoms with Gasteiger partial charge in [-0.05, 0) is 54.6 Å². The molecular formula is C24H20N8O2. The highest BCUT2D eigenvalue weighted by Gasteiger charge is 2.12. The SMILES string of the molecule is CC(=O)Nc1ccc(Nc2ncnc(Nc3ccc(NC(C)=O)cc3)c2C=C(C#N)C#N)cc1. The molecule has 0 aliphatic carbocycles. The summed E-state index contributed by atoms with van der Waals surface area (Å²) in [6, 6.07) is 17.6. The van der Waals surface area contributed by atoms with Gasteiger partial charge in [0.05, 0.1) is 5.56 Å². The molecule has 10 heteroatoms. The highest BCUT2D eigenvalue weighted by molar-refractivity contribution is 5.90. The third-order valence-corrected chi connectivity index (χ3v) is 4.35. The van der Waals surface area contributed by atoms with Crippen LogP contribution < -0.4 is 21.3 Å². The number of carbonyl (C=O) groups is 2. The summed E-state index contributed by atoms with van der Waals surface area (Å²) in [6.07, 6.45) is 2.74. The van der Waals surface area contributed by atoms with E-state index in [-0.39, 0.29) is 17.4 Å². The standard InChI is InChI=1S/C24H20N8O2/c1-15(33)29-18-3-7-20(8-4-18)31-23-22(11-17(12-25)13-26)24(28-14-27-23)32-21-9-5-19(6-10-21)30-16(2)34/h3-11,14H,1-2H3,(H,29,33)(H,30,34)(H2,27,28,31,32). The first-order chi connectivity index (χ1) is 16.4. The number of aromatic nitrogens is 2. The minimum absolute atomic E-state index is 0.122. The lowest BCUT2D eigenvalue weighted by Crippen LogP contribution is -2.06. The van der Waals surface area contributed by atoms with Gasteiger partial charge in [-0.1, -0.05) is 0 Å². The largest absolute Gasteiger partial charge is 0.340 e. The van der Waals surface area contributed by atoms with Crippen molar-refractivity contribution in [3.63, 3.8) is 0 Å². The number of hydrogen-bond donors (Lipinski definition) is 4. The summed E-state index contributed by atoms with van der Waals surface area (Å²) in [5, 5.41) is 30.2. The molecule has 0 aliphatic heterocycles. The first-order valence-electron chi connectivity index (χ1n) is 10.0. The van der Waals surface area contributed by atoms with Crippen LogP contribution in [0, 0.1) is 22.7 Å². The fourth-order valence-corrected chi connectivity index (χ4v) is 2.92. The third-order valence-electron chi connectivity index (χ3n) is 4.35. The van der Waals surface area contributed by atoms with E-state index in [1.54, 1.807) is 48.5 Å². The Morgan fingerprint density at radius 3 is 1.47 bits per heavy atom. The molecule has 0 aliphatic rings. The lowest BCUT2D eigenvalue weighted by atomic mass is 10.1. The van der Waals surface area contributed by atoms with Gasteiger partial charge in [0.2, 0.25) is 11.8 Å². The number of allylic oxidation sites excluding steroid dienone is 1. The number of amides is 2. The normalized spacial score (nSPS) is 9.65. The van der Waals surface area contributed by atoms with Crippen molar-refractivity contribution in [2.45, 2.75) is 13.8 Å². The predicted octanol–water partition coefficient (Wildman–Crippen LogP) is 4.31. The Bertz CT molecular complexity index is 1220. The molecule has 0 saturated carbocycles. The van der Waals surface area contributed by atoms with Gasteiger partial charge in [-0.2, -0.15) is 10.5 Å². The second-order valence-corrected chi connectivity index (χ2v) is 7.03. The van der Waals surface area contributed by atoms with Crippen LogP contribution in [0.5, 0.6) is 0 Å². The molecule has 10 nitrogen and oxygen atoms in total. The van der Waals surface area contributed by atoms with Crippen LogP contribution in [0.25, 0.3) is 6.08 Å². The molecule has 1 aromatic heterocycles. The fourth-order valence-electron chi connectivity index (χ4n) is 2.92. The van der Waals surface area contributed by atoms with Gasteiger partial charge in [0.1, 0.15) is 35.7 Å². The van der Waals surface area contributed by atoms with E-state index in [4.69, 9.17) is 0 Å². The second kappa shape index (κ2) is 10.9. The number of benzene rings is 2. The fraction of sp³-hybridized carbons (Fsp3) is 0.0833. The van der Waals surface area contributed by atoms with E-state index in [0.29, 0.717) is 39.9 Å². The maximum atomic E-state index is 11.2. The molecule has 3 rings (SSSR count). The van der Waals surface area contributed by atoms with Crippen LogP contribution in [-0.4, -0.2) is 21.8 Å². The van der Waals surface area contributed by atoms with Crippen molar-refractivity contribution < 1.29 is 9.59 Å². The van der Waals surface area contributed by atoms with Crippen molar-refractivity contribution in [2.24, 2.45) is 0 Å². The zero-order valence-corrected chi connectivity index (χ0v) is 18.4. The summed E-state index contributed by atoms with van der Waals surface area (Å²) in [4.78, 5) is 31.0. The topological polar surface area (TPSA) is 156 Å². The predicted molar refractivity (Wildman–Crippen MR) is 129 cm³/mol. The van der Waals surface area contributed by atoms with Gasteiger partial charge >= 0.3 is 0 Å². The van der Waals surface area contributed by atoms with Crippen molar-refractivity contribution in [1.29, 1.82) is 10.5 Å². The molecule has 0 atom stereocenters. The van der Waals surface area contributed by atoms with Gasteiger partial charge in [-0.25, -0.2) is 9.97 Å². The Kier molecular flexibility index (Phi) is 7.51. The number of carbonyl (C=O) groups excluding carboxylic acids is 2. The average molecular weight is 452 g/mol. The summed E-state index contributed by atoms with van der Waals surface area (Å²) >= 11 is 0. The van der Waals surface area contributed by atoms with Crippen LogP contribution in [0.1, 0.15) is 19.4 Å². The summed E-state index contributed by atoms with van der Waals surface area (Å²) in [5.74, 6) is 0.376. The Balaban J connectivity index is 1.94. The van der Waals surface area contributed by atoms with Gasteiger partial charge < -0.3 is 21.3 Å². The summed E-state index contributed by atoms with van der Waals surface area (Å²) in [7, 11) is 0. The molecule has 34 heavy (non-hydrogen) atoms. The highest BCUT2D eigenvalue weighted by atomic mass is 16.2. The maximum Gasteiger partial charge on any atom is 0.221 e. The van der Waals surface area contributed by atoms with Gasteiger partial charge in [0.15, 0.2) is 0 Å². The van der Waals surface area contributed by atoms with E-state index >= 15 is 0 Å². The zero-order valence-electron chi connectivity index (χ0n) is 18.4. The van der Waals surface area contributed by atoms with Crippen molar-refractivity contribution in [2.75, 3.05) is 21.3 Å². The van der Waals surface area contributed by atoms with Gasteiger partial charge in [-0.15, -0.1) is 0 Å². The second-order valence-electron chi connectivity index (χ2n) is 7.03. The molecule has 0 fully saturated rings. The van der Waals surface area contributed by atoms with Crippen LogP contribution >= 0.6 is 0 Å². The molecule has 0 unspecified atom stereocenters. The smallest absolute Gasteiger partial charge is 0.221 e. The zero-order chi connectivity index (χ0) is 24.5. The Morgan fingerprint density at radius 1 is 0.735 bits per heavy atom. The van der Waals surface area contributed by atoms with E-state index in [9.17, 15) is 20.1 Å². The molecule has 1 heterocycles. The van der Waals surface area contributed by atoms with Gasteiger partial charge in [-0.3, -0.25) is 9.59 Å². The van der Waals surface area contributed by atoms with E-state index in [2.05, 4.69) is 31.2 Å². The van der Waals surface area contributed by atoms with Gasteiger partial charge in [0.25, 0.3) is 0 Å². The molecule has 168 valence electrons. The first kappa shape index (κ1) is 23.4. The number of nitriles is 2. The molecule has 0 bridgehead atoms. The Morgan fingerprint density at radius 2 is 1.12 bits per heavy atom. The van der Waals surface area contributed by atoms with Crippen LogP contribution in [0.4, 0.5) is 34.4 Å². The molecule has 2 amide bonds. The molecule has 2 aromatic carbocycles. The molecule has 4 N–H and O–H groups in total. The van der Waals surface area contributed by atoms with Crippen LogP contribution in [0.3, 0.4) is 0 Å². The number of nitrogens with one attached hydrogen (secondary N) is 4. The van der Waals surface area contributed by atoms with Crippen LogP contribution in [0.15, 0.2) is 60.4 Å². The Hall–Kier alpha value is -5.22. The monoisotopic (exact) mass is 452 g/mol. The lowest BCUT2D eigenvalue weighted by Gasteiger charge is -2.14. The first-order valence-corrected chi connectivity index (χ1v) is 10.0. The summed E-state index contributed by atoms with van der Waals surface area (Å²) in [5.41, 5.74) is 2.90. The highest BCUT2D eigenvalue weighted by Crippen LogP contribution is 2.29. The Labute approximate surface area is 196 Å². The van der Waals surface area contributed by atoms with Gasteiger partial charge in [0, 0.05) is 36.6 Å². The minimum Gasteiger partial charge on any atom is -0.340 e. The average Bonchev–Trinajstić information content (AvgIpc) is 2.80. The number of nitrogens with zero attached hydrogens (tertiary/aromatic N) is 4. The van der Waals surface area contributed by atoms with E-state index in [1.807, 2.05) is 12.1 Å². The summed E-state index contributed by atoms with van der Waals surface area (Å²) < 4.78 is 0. The minimum atomic E-state index is -0.176. The number of anilines is 6. The maximum absolute atomic E-state index is 11.2. The van der Waals surface area contributed by atoms with E-state index in [1.165, 1.54) is 26.3 Å². The molecule has 0 radical (unpaired) electrons. The number of hydrogen-bond acceptors (Lipinski definition) is 8. The third kappa shape index (κ3) is 6.39.